The third kappa shape index (κ3) is 4.57. The van der Waals surface area contributed by atoms with Gasteiger partial charge in [-0.1, -0.05) is 6.92 Å². The van der Waals surface area contributed by atoms with Gasteiger partial charge in [-0.2, -0.15) is 0 Å². The van der Waals surface area contributed by atoms with Crippen LogP contribution in [0.2, 0.25) is 0 Å². The molecule has 1 heterocycles. The van der Waals surface area contributed by atoms with Crippen LogP contribution in [0.3, 0.4) is 0 Å². The maximum atomic E-state index is 11.2. The van der Waals surface area contributed by atoms with Crippen LogP contribution in [0.5, 0.6) is 0 Å². The van der Waals surface area contributed by atoms with Crippen LogP contribution in [0.1, 0.15) is 13.3 Å². The first kappa shape index (κ1) is 13.6. The number of halogens is 1. The van der Waals surface area contributed by atoms with E-state index in [0.29, 0.717) is 12.4 Å². The molecule has 1 atom stereocenters. The van der Waals surface area contributed by atoms with Gasteiger partial charge in [-0.05, 0) is 12.5 Å². The lowest BCUT2D eigenvalue weighted by atomic mass is 10.2. The molecule has 0 saturated heterocycles. The first-order valence-electron chi connectivity index (χ1n) is 4.32. The van der Waals surface area contributed by atoms with E-state index in [-0.39, 0.29) is 18.3 Å². The third-order valence-corrected chi connectivity index (χ3v) is 1.64. The number of aromatic nitrogens is 2. The molecule has 0 spiro atoms. The van der Waals surface area contributed by atoms with E-state index in [1.54, 1.807) is 18.5 Å². The van der Waals surface area contributed by atoms with Crippen molar-refractivity contribution in [3.8, 4) is 0 Å². The number of hydrazine groups is 1. The zero-order valence-electron chi connectivity index (χ0n) is 8.30. The SMILES string of the molecule is CC[C@@H](N)C(=O)NNc1ncccn1.Cl. The highest BCUT2D eigenvalue weighted by Gasteiger charge is 2.09. The van der Waals surface area contributed by atoms with E-state index in [2.05, 4.69) is 20.8 Å². The molecule has 0 aromatic carbocycles. The van der Waals surface area contributed by atoms with Gasteiger partial charge in [0, 0.05) is 12.4 Å². The summed E-state index contributed by atoms with van der Waals surface area (Å²) < 4.78 is 0. The van der Waals surface area contributed by atoms with Crippen LogP contribution in [0.4, 0.5) is 5.95 Å². The predicted molar refractivity (Wildman–Crippen MR) is 59.3 cm³/mol. The van der Waals surface area contributed by atoms with E-state index in [0.717, 1.165) is 0 Å². The standard InChI is InChI=1S/C8H13N5O.ClH/c1-2-6(9)7(14)12-13-8-10-4-3-5-11-8;/h3-6H,2,9H2,1H3,(H,12,14)(H,10,11,13);1H/t6-;/m1./s1. The highest BCUT2D eigenvalue weighted by molar-refractivity contribution is 5.85. The maximum Gasteiger partial charge on any atom is 0.255 e. The Bertz CT molecular complexity index is 294. The van der Waals surface area contributed by atoms with Crippen molar-refractivity contribution in [1.29, 1.82) is 0 Å². The van der Waals surface area contributed by atoms with Crippen molar-refractivity contribution in [2.75, 3.05) is 5.43 Å². The van der Waals surface area contributed by atoms with Crippen LogP contribution in [0, 0.1) is 0 Å². The van der Waals surface area contributed by atoms with Gasteiger partial charge < -0.3 is 5.73 Å². The van der Waals surface area contributed by atoms with Crippen molar-refractivity contribution in [1.82, 2.24) is 15.4 Å². The molecular formula is C8H14ClN5O. The topological polar surface area (TPSA) is 92.9 Å². The monoisotopic (exact) mass is 231 g/mol. The van der Waals surface area contributed by atoms with Crippen LogP contribution in [-0.4, -0.2) is 21.9 Å². The van der Waals surface area contributed by atoms with Gasteiger partial charge in [0.2, 0.25) is 5.95 Å². The molecule has 0 aliphatic carbocycles. The van der Waals surface area contributed by atoms with E-state index in [1.807, 2.05) is 6.92 Å². The van der Waals surface area contributed by atoms with Crippen molar-refractivity contribution in [2.24, 2.45) is 5.73 Å². The van der Waals surface area contributed by atoms with Crippen LogP contribution >= 0.6 is 12.4 Å². The molecule has 1 aromatic rings. The van der Waals surface area contributed by atoms with Crippen molar-refractivity contribution >= 4 is 24.3 Å². The molecular weight excluding hydrogens is 218 g/mol. The summed E-state index contributed by atoms with van der Waals surface area (Å²) in [7, 11) is 0. The van der Waals surface area contributed by atoms with E-state index in [9.17, 15) is 4.79 Å². The Morgan fingerprint density at radius 1 is 1.53 bits per heavy atom. The summed E-state index contributed by atoms with van der Waals surface area (Å²) in [6, 6.07) is 1.18. The van der Waals surface area contributed by atoms with E-state index in [1.165, 1.54) is 0 Å². The van der Waals surface area contributed by atoms with E-state index < -0.39 is 6.04 Å². The number of hydrogen-bond donors (Lipinski definition) is 3. The molecule has 15 heavy (non-hydrogen) atoms. The lowest BCUT2D eigenvalue weighted by molar-refractivity contribution is -0.121. The first-order valence-corrected chi connectivity index (χ1v) is 4.32. The minimum atomic E-state index is -0.508. The average Bonchev–Trinajstić information content (AvgIpc) is 2.26. The molecule has 1 rings (SSSR count). The summed E-state index contributed by atoms with van der Waals surface area (Å²) in [5.41, 5.74) is 10.5. The number of nitrogens with one attached hydrogen (secondary N) is 2. The molecule has 1 aromatic heterocycles. The fourth-order valence-corrected chi connectivity index (χ4v) is 0.759. The van der Waals surface area contributed by atoms with Crippen molar-refractivity contribution in [3.63, 3.8) is 0 Å². The maximum absolute atomic E-state index is 11.2. The number of carbonyl (C=O) groups excluding carboxylic acids is 1. The Morgan fingerprint density at radius 2 is 2.13 bits per heavy atom. The molecule has 4 N–H and O–H groups in total. The number of rotatable bonds is 4. The van der Waals surface area contributed by atoms with Gasteiger partial charge in [-0.3, -0.25) is 15.6 Å². The lowest BCUT2D eigenvalue weighted by Gasteiger charge is -2.10. The van der Waals surface area contributed by atoms with Crippen LogP contribution in [0.15, 0.2) is 18.5 Å². The number of nitrogens with two attached hydrogens (primary N) is 1. The number of carbonyl (C=O) groups is 1. The number of nitrogens with zero attached hydrogens (tertiary/aromatic N) is 2. The normalized spacial score (nSPS) is 11.1. The van der Waals surface area contributed by atoms with Crippen molar-refractivity contribution in [3.05, 3.63) is 18.5 Å². The van der Waals surface area contributed by atoms with Gasteiger partial charge >= 0.3 is 0 Å². The molecule has 0 radical (unpaired) electrons. The minimum absolute atomic E-state index is 0. The summed E-state index contributed by atoms with van der Waals surface area (Å²) >= 11 is 0. The Balaban J connectivity index is 0.00000196. The van der Waals surface area contributed by atoms with Crippen LogP contribution in [-0.2, 0) is 4.79 Å². The summed E-state index contributed by atoms with van der Waals surface area (Å²) in [6.07, 6.45) is 3.73. The molecule has 0 aliphatic rings. The quantitative estimate of drug-likeness (QED) is 0.638. The van der Waals surface area contributed by atoms with Gasteiger partial charge in [0.05, 0.1) is 6.04 Å². The zero-order valence-corrected chi connectivity index (χ0v) is 9.12. The largest absolute Gasteiger partial charge is 0.320 e. The molecule has 0 fully saturated rings. The molecule has 0 bridgehead atoms. The molecule has 7 heteroatoms. The Kier molecular flexibility index (Phi) is 6.32. The van der Waals surface area contributed by atoms with Gasteiger partial charge in [0.1, 0.15) is 0 Å². The summed E-state index contributed by atoms with van der Waals surface area (Å²) in [5.74, 6) is 0.0594. The highest BCUT2D eigenvalue weighted by Crippen LogP contribution is 1.91. The summed E-state index contributed by atoms with van der Waals surface area (Å²) in [6.45, 7) is 1.84. The van der Waals surface area contributed by atoms with Gasteiger partial charge in [0.25, 0.3) is 5.91 Å². The molecule has 0 aliphatic heterocycles. The fraction of sp³-hybridized carbons (Fsp3) is 0.375. The molecule has 0 saturated carbocycles. The molecule has 84 valence electrons. The van der Waals surface area contributed by atoms with Crippen molar-refractivity contribution < 1.29 is 4.79 Å². The number of amides is 1. The lowest BCUT2D eigenvalue weighted by Crippen LogP contribution is -2.43. The third-order valence-electron chi connectivity index (χ3n) is 1.64. The van der Waals surface area contributed by atoms with Crippen LogP contribution < -0.4 is 16.6 Å². The first-order chi connectivity index (χ1) is 6.74. The number of hydrogen-bond acceptors (Lipinski definition) is 5. The van der Waals surface area contributed by atoms with Gasteiger partial charge in [-0.25, -0.2) is 9.97 Å². The second-order valence-corrected chi connectivity index (χ2v) is 2.70. The fourth-order valence-electron chi connectivity index (χ4n) is 0.759. The Morgan fingerprint density at radius 3 is 2.67 bits per heavy atom. The second-order valence-electron chi connectivity index (χ2n) is 2.70. The highest BCUT2D eigenvalue weighted by atomic mass is 35.5. The Hall–Kier alpha value is -1.40. The van der Waals surface area contributed by atoms with Crippen molar-refractivity contribution in [2.45, 2.75) is 19.4 Å². The molecule has 0 unspecified atom stereocenters. The molecule has 1 amide bonds. The van der Waals surface area contributed by atoms with Crippen LogP contribution in [0.25, 0.3) is 0 Å². The van der Waals surface area contributed by atoms with Gasteiger partial charge in [0.15, 0.2) is 0 Å². The second kappa shape index (κ2) is 6.97. The number of anilines is 1. The van der Waals surface area contributed by atoms with E-state index in [4.69, 9.17) is 5.73 Å². The summed E-state index contributed by atoms with van der Waals surface area (Å²) in [4.78, 5) is 18.9. The smallest absolute Gasteiger partial charge is 0.255 e. The van der Waals surface area contributed by atoms with E-state index >= 15 is 0 Å². The van der Waals surface area contributed by atoms with Gasteiger partial charge in [-0.15, -0.1) is 12.4 Å². The Labute approximate surface area is 94.1 Å². The predicted octanol–water partition coefficient (Wildman–Crippen LogP) is 0.0788. The minimum Gasteiger partial charge on any atom is -0.320 e. The zero-order chi connectivity index (χ0) is 10.4. The average molecular weight is 232 g/mol. The summed E-state index contributed by atoms with van der Waals surface area (Å²) in [5, 5.41) is 0. The molecule has 6 nitrogen and oxygen atoms in total.